The fraction of sp³-hybridized carbons (Fsp3) is 0.467. The van der Waals surface area contributed by atoms with Crippen LogP contribution in [-0.4, -0.2) is 38.5 Å². The predicted octanol–water partition coefficient (Wildman–Crippen LogP) is 0.876. The van der Waals surface area contributed by atoms with Crippen molar-refractivity contribution in [2.24, 2.45) is 5.92 Å². The second-order valence-electron chi connectivity index (χ2n) is 5.41. The Hall–Kier alpha value is -2.07. The third-order valence-electron chi connectivity index (χ3n) is 3.56. The summed E-state index contributed by atoms with van der Waals surface area (Å²) in [6.07, 6.45) is -0.0982. The molecular weight excluding hydrogens is 304 g/mol. The lowest BCUT2D eigenvalue weighted by molar-refractivity contribution is -0.127. The summed E-state index contributed by atoms with van der Waals surface area (Å²) in [4.78, 5) is 12.0. The smallest absolute Gasteiger partial charge is 0.260 e. The van der Waals surface area contributed by atoms with Gasteiger partial charge < -0.3 is 10.1 Å². The number of benzene rings is 1. The van der Waals surface area contributed by atoms with Crippen molar-refractivity contribution in [2.75, 3.05) is 18.1 Å². The Balaban J connectivity index is 1.80. The van der Waals surface area contributed by atoms with Crippen molar-refractivity contribution in [2.45, 2.75) is 19.4 Å². The number of amides is 1. The van der Waals surface area contributed by atoms with Crippen LogP contribution in [0.2, 0.25) is 0 Å². The molecule has 0 bridgehead atoms. The minimum atomic E-state index is -2.93. The number of nitrogens with zero attached hydrogens (tertiary/aromatic N) is 1. The molecule has 2 atom stereocenters. The van der Waals surface area contributed by atoms with Crippen LogP contribution in [0.1, 0.15) is 18.9 Å². The molecule has 1 heterocycles. The molecule has 0 aromatic heterocycles. The molecule has 1 aromatic rings. The van der Waals surface area contributed by atoms with Gasteiger partial charge >= 0.3 is 0 Å². The molecule has 22 heavy (non-hydrogen) atoms. The molecule has 1 aliphatic heterocycles. The van der Waals surface area contributed by atoms with Crippen LogP contribution in [0.5, 0.6) is 5.75 Å². The fourth-order valence-electron chi connectivity index (χ4n) is 2.29. The van der Waals surface area contributed by atoms with Gasteiger partial charge in [0.2, 0.25) is 0 Å². The van der Waals surface area contributed by atoms with E-state index in [0.29, 0.717) is 24.3 Å². The van der Waals surface area contributed by atoms with E-state index < -0.39 is 15.9 Å². The van der Waals surface area contributed by atoms with E-state index in [2.05, 4.69) is 5.32 Å². The second kappa shape index (κ2) is 6.79. The van der Waals surface area contributed by atoms with Gasteiger partial charge in [0.05, 0.1) is 23.1 Å². The summed E-state index contributed by atoms with van der Waals surface area (Å²) >= 11 is 0. The maximum absolute atomic E-state index is 12.0. The summed E-state index contributed by atoms with van der Waals surface area (Å²) in [5, 5.41) is 11.4. The lowest BCUT2D eigenvalue weighted by Gasteiger charge is -2.16. The molecule has 0 radical (unpaired) electrons. The molecular formula is C15H18N2O4S. The topological polar surface area (TPSA) is 96.3 Å². The minimum absolute atomic E-state index is 0.0175. The van der Waals surface area contributed by atoms with Gasteiger partial charge in [0, 0.05) is 6.54 Å². The Labute approximate surface area is 130 Å². The molecule has 1 fully saturated rings. The largest absolute Gasteiger partial charge is 0.481 e. The van der Waals surface area contributed by atoms with E-state index in [1.54, 1.807) is 31.2 Å². The number of rotatable bonds is 5. The summed E-state index contributed by atoms with van der Waals surface area (Å²) in [6.45, 7) is 1.97. The summed E-state index contributed by atoms with van der Waals surface area (Å²) in [7, 11) is -2.93. The van der Waals surface area contributed by atoms with Crippen molar-refractivity contribution in [3.8, 4) is 11.8 Å². The predicted molar refractivity (Wildman–Crippen MR) is 81.0 cm³/mol. The minimum Gasteiger partial charge on any atom is -0.481 e. The normalized spacial score (nSPS) is 20.8. The van der Waals surface area contributed by atoms with Crippen molar-refractivity contribution in [1.82, 2.24) is 5.32 Å². The first-order chi connectivity index (χ1) is 10.4. The van der Waals surface area contributed by atoms with Crippen LogP contribution in [0, 0.1) is 17.2 Å². The van der Waals surface area contributed by atoms with E-state index in [-0.39, 0.29) is 23.3 Å². The van der Waals surface area contributed by atoms with Gasteiger partial charge in [-0.1, -0.05) is 0 Å². The number of hydrogen-bond acceptors (Lipinski definition) is 5. The average Bonchev–Trinajstić information content (AvgIpc) is 2.84. The van der Waals surface area contributed by atoms with Crippen molar-refractivity contribution < 1.29 is 17.9 Å². The quantitative estimate of drug-likeness (QED) is 0.868. The molecule has 0 spiro atoms. The average molecular weight is 322 g/mol. The van der Waals surface area contributed by atoms with Crippen LogP contribution in [-0.2, 0) is 14.6 Å². The molecule has 1 aromatic carbocycles. The molecule has 2 rings (SSSR count). The number of nitriles is 1. The third-order valence-corrected chi connectivity index (χ3v) is 5.39. The molecule has 0 saturated carbocycles. The number of sulfone groups is 1. The Morgan fingerprint density at radius 1 is 1.45 bits per heavy atom. The number of carbonyl (C=O) groups excluding carboxylic acids is 1. The van der Waals surface area contributed by atoms with Gasteiger partial charge in [-0.05, 0) is 43.5 Å². The van der Waals surface area contributed by atoms with Crippen LogP contribution in [0.4, 0.5) is 0 Å². The highest BCUT2D eigenvalue weighted by atomic mass is 32.2. The van der Waals surface area contributed by atoms with E-state index in [1.165, 1.54) is 0 Å². The zero-order valence-electron chi connectivity index (χ0n) is 12.3. The summed E-state index contributed by atoms with van der Waals surface area (Å²) < 4.78 is 28.2. The van der Waals surface area contributed by atoms with Crippen LogP contribution in [0.25, 0.3) is 0 Å². The highest BCUT2D eigenvalue weighted by Crippen LogP contribution is 2.17. The molecule has 1 N–H and O–H groups in total. The van der Waals surface area contributed by atoms with Crippen molar-refractivity contribution >= 4 is 15.7 Å². The van der Waals surface area contributed by atoms with Crippen LogP contribution in [0.3, 0.4) is 0 Å². The van der Waals surface area contributed by atoms with Crippen LogP contribution in [0.15, 0.2) is 24.3 Å². The molecule has 1 saturated heterocycles. The Morgan fingerprint density at radius 3 is 2.68 bits per heavy atom. The van der Waals surface area contributed by atoms with Crippen molar-refractivity contribution in [1.29, 1.82) is 5.26 Å². The molecule has 0 unspecified atom stereocenters. The third kappa shape index (κ3) is 4.46. The van der Waals surface area contributed by atoms with E-state index in [1.807, 2.05) is 6.07 Å². The molecule has 0 aliphatic carbocycles. The van der Waals surface area contributed by atoms with E-state index in [0.717, 1.165) is 0 Å². The van der Waals surface area contributed by atoms with Crippen molar-refractivity contribution in [3.63, 3.8) is 0 Å². The van der Waals surface area contributed by atoms with Crippen molar-refractivity contribution in [3.05, 3.63) is 29.8 Å². The van der Waals surface area contributed by atoms with Crippen LogP contribution < -0.4 is 10.1 Å². The Kier molecular flexibility index (Phi) is 5.03. The number of nitrogens with one attached hydrogen (secondary N) is 1. The maximum Gasteiger partial charge on any atom is 0.260 e. The van der Waals surface area contributed by atoms with E-state index >= 15 is 0 Å². The van der Waals surface area contributed by atoms with Gasteiger partial charge in [-0.2, -0.15) is 5.26 Å². The van der Waals surface area contributed by atoms with E-state index in [9.17, 15) is 13.2 Å². The Bertz CT molecular complexity index is 676. The molecule has 118 valence electrons. The van der Waals surface area contributed by atoms with Gasteiger partial charge in [0.1, 0.15) is 5.75 Å². The van der Waals surface area contributed by atoms with Gasteiger partial charge in [-0.25, -0.2) is 8.42 Å². The SMILES string of the molecule is C[C@H](Oc1ccc(C#N)cc1)C(=O)NC[C@@H]1CCS(=O)(=O)C1. The standard InChI is InChI=1S/C15H18N2O4S/c1-11(21-14-4-2-12(8-16)3-5-14)15(18)17-9-13-6-7-22(19,20)10-13/h2-5,11,13H,6-7,9-10H2,1H3,(H,17,18)/t11-,13-/m0/s1. The Morgan fingerprint density at radius 2 is 2.14 bits per heavy atom. The summed E-state index contributed by atoms with van der Waals surface area (Å²) in [6, 6.07) is 8.50. The monoisotopic (exact) mass is 322 g/mol. The first kappa shape index (κ1) is 16.3. The lowest BCUT2D eigenvalue weighted by atomic mass is 10.1. The zero-order valence-corrected chi connectivity index (χ0v) is 13.1. The number of carbonyl (C=O) groups is 1. The molecule has 7 heteroatoms. The van der Waals surface area contributed by atoms with E-state index in [4.69, 9.17) is 10.00 Å². The fourth-order valence-corrected chi connectivity index (χ4v) is 4.15. The first-order valence-corrected chi connectivity index (χ1v) is 8.87. The summed E-state index contributed by atoms with van der Waals surface area (Å²) in [5.41, 5.74) is 0.520. The molecule has 1 aliphatic rings. The zero-order chi connectivity index (χ0) is 16.2. The highest BCUT2D eigenvalue weighted by molar-refractivity contribution is 7.91. The van der Waals surface area contributed by atoms with Gasteiger partial charge in [0.25, 0.3) is 5.91 Å². The molecule has 1 amide bonds. The lowest BCUT2D eigenvalue weighted by Crippen LogP contribution is -2.39. The summed E-state index contributed by atoms with van der Waals surface area (Å²) in [5.74, 6) is 0.540. The first-order valence-electron chi connectivity index (χ1n) is 7.04. The van der Waals surface area contributed by atoms with Gasteiger partial charge in [-0.3, -0.25) is 4.79 Å². The number of ether oxygens (including phenoxy) is 1. The molecule has 6 nitrogen and oxygen atoms in total. The van der Waals surface area contributed by atoms with Gasteiger partial charge in [-0.15, -0.1) is 0 Å². The highest BCUT2D eigenvalue weighted by Gasteiger charge is 2.28. The number of hydrogen-bond donors (Lipinski definition) is 1. The second-order valence-corrected chi connectivity index (χ2v) is 7.64. The van der Waals surface area contributed by atoms with Gasteiger partial charge in [0.15, 0.2) is 15.9 Å². The maximum atomic E-state index is 12.0. The van der Waals surface area contributed by atoms with Crippen LogP contribution >= 0.6 is 0 Å².